The summed E-state index contributed by atoms with van der Waals surface area (Å²) in [5, 5.41) is 16.4. The highest BCUT2D eigenvalue weighted by atomic mass is 19.3. The zero-order valence-electron chi connectivity index (χ0n) is 21.5. The minimum atomic E-state index is -3.11. The first kappa shape index (κ1) is 29.4. The van der Waals surface area contributed by atoms with Crippen molar-refractivity contribution in [2.75, 3.05) is 6.54 Å². The van der Waals surface area contributed by atoms with E-state index in [0.717, 1.165) is 12.8 Å². The average molecular weight is 517 g/mol. The summed E-state index contributed by atoms with van der Waals surface area (Å²) in [4.78, 5) is 64.5. The Hall–Kier alpha value is -2.79. The summed E-state index contributed by atoms with van der Waals surface area (Å²) >= 11 is 0. The Bertz CT molecular complexity index is 866. The second-order valence-electron chi connectivity index (χ2n) is 11.0. The van der Waals surface area contributed by atoms with E-state index in [2.05, 4.69) is 16.0 Å². The van der Waals surface area contributed by atoms with Crippen LogP contribution in [-0.2, 0) is 19.2 Å². The number of alkyl halides is 2. The molecule has 3 unspecified atom stereocenters. The molecule has 0 radical (unpaired) electrons. The molecule has 4 atom stereocenters. The van der Waals surface area contributed by atoms with E-state index in [1.807, 2.05) is 6.92 Å². The Labute approximate surface area is 209 Å². The molecule has 1 aliphatic heterocycles. The lowest BCUT2D eigenvalue weighted by Crippen LogP contribution is -2.59. The van der Waals surface area contributed by atoms with Crippen LogP contribution in [0, 0.1) is 11.3 Å². The van der Waals surface area contributed by atoms with E-state index >= 15 is 0 Å². The Morgan fingerprint density at radius 1 is 1.03 bits per heavy atom. The van der Waals surface area contributed by atoms with Crippen molar-refractivity contribution in [1.82, 2.24) is 20.9 Å². The number of halogens is 2. The summed E-state index contributed by atoms with van der Waals surface area (Å²) in [6.45, 7) is 7.77. The van der Waals surface area contributed by atoms with Gasteiger partial charge in [0.1, 0.15) is 12.1 Å². The predicted octanol–water partition coefficient (Wildman–Crippen LogP) is 2.06. The molecule has 0 aromatic carbocycles. The first-order valence-electron chi connectivity index (χ1n) is 12.4. The number of ketones is 1. The van der Waals surface area contributed by atoms with Crippen molar-refractivity contribution >= 4 is 29.6 Å². The van der Waals surface area contributed by atoms with Crippen LogP contribution in [0.15, 0.2) is 0 Å². The maximum atomic E-state index is 13.6. The van der Waals surface area contributed by atoms with E-state index in [9.17, 15) is 37.9 Å². The van der Waals surface area contributed by atoms with E-state index in [-0.39, 0.29) is 18.5 Å². The highest BCUT2D eigenvalue weighted by Crippen LogP contribution is 2.31. The van der Waals surface area contributed by atoms with Crippen LogP contribution in [-0.4, -0.2) is 76.2 Å². The van der Waals surface area contributed by atoms with Gasteiger partial charge in [0, 0.05) is 19.0 Å². The third-order valence-corrected chi connectivity index (χ3v) is 6.62. The second kappa shape index (κ2) is 11.5. The van der Waals surface area contributed by atoms with Gasteiger partial charge in [-0.1, -0.05) is 34.1 Å². The third-order valence-electron chi connectivity index (χ3n) is 6.62. The lowest BCUT2D eigenvalue weighted by atomic mass is 9.85. The molecule has 0 aromatic rings. The maximum Gasteiger partial charge on any atom is 0.405 e. The molecule has 12 heteroatoms. The highest BCUT2D eigenvalue weighted by Gasteiger charge is 2.46. The van der Waals surface area contributed by atoms with Crippen molar-refractivity contribution in [1.29, 1.82) is 0 Å². The molecular formula is C24H38F2N4O6. The SMILES string of the molecule is CCC1CCN(C(=O)[C@@H](NC(=O)O)C(C)(C)C)C1C(=O)NC(CCC(C)(F)F)C(=O)C(=O)NC1CC1. The molecule has 36 heavy (non-hydrogen) atoms. The van der Waals surface area contributed by atoms with Gasteiger partial charge in [-0.25, -0.2) is 13.6 Å². The van der Waals surface area contributed by atoms with Crippen molar-refractivity contribution in [3.63, 3.8) is 0 Å². The zero-order chi connectivity index (χ0) is 27.4. The lowest BCUT2D eigenvalue weighted by Gasteiger charge is -2.36. The molecule has 1 aliphatic carbocycles. The van der Waals surface area contributed by atoms with E-state index in [4.69, 9.17) is 0 Å². The minimum absolute atomic E-state index is 0.131. The van der Waals surface area contributed by atoms with Gasteiger partial charge in [0.05, 0.1) is 6.04 Å². The van der Waals surface area contributed by atoms with Crippen LogP contribution < -0.4 is 16.0 Å². The molecule has 0 bridgehead atoms. The van der Waals surface area contributed by atoms with Gasteiger partial charge in [0.15, 0.2) is 0 Å². The molecule has 4 amide bonds. The quantitative estimate of drug-likeness (QED) is 0.310. The number of nitrogens with one attached hydrogen (secondary N) is 3. The molecule has 0 spiro atoms. The highest BCUT2D eigenvalue weighted by molar-refractivity contribution is 6.38. The number of carbonyl (C=O) groups is 5. The molecule has 2 rings (SSSR count). The normalized spacial score (nSPS) is 21.9. The molecule has 4 N–H and O–H groups in total. The zero-order valence-corrected chi connectivity index (χ0v) is 21.5. The first-order valence-corrected chi connectivity index (χ1v) is 12.4. The van der Waals surface area contributed by atoms with Crippen LogP contribution in [0.2, 0.25) is 0 Å². The van der Waals surface area contributed by atoms with Crippen molar-refractivity contribution in [3.8, 4) is 0 Å². The van der Waals surface area contributed by atoms with Crippen LogP contribution in [0.5, 0.6) is 0 Å². The van der Waals surface area contributed by atoms with E-state index < -0.39 is 71.9 Å². The van der Waals surface area contributed by atoms with Crippen LogP contribution in [0.25, 0.3) is 0 Å². The fraction of sp³-hybridized carbons (Fsp3) is 0.792. The first-order chi connectivity index (χ1) is 16.5. The molecule has 2 aliphatic rings. The number of carbonyl (C=O) groups excluding carboxylic acids is 4. The van der Waals surface area contributed by atoms with E-state index in [0.29, 0.717) is 19.8 Å². The van der Waals surface area contributed by atoms with Gasteiger partial charge in [-0.2, -0.15) is 0 Å². The standard InChI is InChI=1S/C24H38F2N4O6/c1-6-13-10-12-30(21(34)18(23(2,3)4)29-22(35)36)16(13)19(32)28-15(9-11-24(5,25)26)17(31)20(33)27-14-7-8-14/h13-16,18,29H,6-12H2,1-5H3,(H,27,33)(H,28,32)(H,35,36)/t13?,15?,16?,18-/m1/s1. The van der Waals surface area contributed by atoms with Gasteiger partial charge in [-0.05, 0) is 43.9 Å². The molecular weight excluding hydrogens is 478 g/mol. The van der Waals surface area contributed by atoms with Gasteiger partial charge in [-0.3, -0.25) is 19.2 Å². The van der Waals surface area contributed by atoms with E-state index in [1.165, 1.54) is 4.90 Å². The molecule has 0 aromatic heterocycles. The number of rotatable bonds is 11. The maximum absolute atomic E-state index is 13.6. The number of likely N-dealkylation sites (tertiary alicyclic amines) is 1. The van der Waals surface area contributed by atoms with Crippen LogP contribution >= 0.6 is 0 Å². The molecule has 1 saturated carbocycles. The second-order valence-corrected chi connectivity index (χ2v) is 11.0. The summed E-state index contributed by atoms with van der Waals surface area (Å²) in [5.74, 6) is -6.67. The lowest BCUT2D eigenvalue weighted by molar-refractivity contribution is -0.144. The van der Waals surface area contributed by atoms with Gasteiger partial charge in [0.25, 0.3) is 5.91 Å². The third kappa shape index (κ3) is 8.12. The number of Topliss-reactive ketones (excluding diaryl/α,β-unsaturated/α-hetero) is 1. The summed E-state index contributed by atoms with van der Waals surface area (Å²) in [6, 6.07) is -3.78. The van der Waals surface area contributed by atoms with Crippen molar-refractivity contribution < 1.29 is 37.9 Å². The van der Waals surface area contributed by atoms with Crippen molar-refractivity contribution in [2.45, 2.75) is 103 Å². The number of hydrogen-bond acceptors (Lipinski definition) is 5. The smallest absolute Gasteiger partial charge is 0.405 e. The van der Waals surface area contributed by atoms with Crippen LogP contribution in [0.1, 0.15) is 73.1 Å². The van der Waals surface area contributed by atoms with Gasteiger partial charge >= 0.3 is 6.09 Å². The Morgan fingerprint density at radius 2 is 1.64 bits per heavy atom. The van der Waals surface area contributed by atoms with Crippen molar-refractivity contribution in [3.05, 3.63) is 0 Å². The monoisotopic (exact) mass is 516 g/mol. The number of hydrogen-bond donors (Lipinski definition) is 4. The predicted molar refractivity (Wildman–Crippen MR) is 126 cm³/mol. The fourth-order valence-corrected chi connectivity index (χ4v) is 4.39. The Kier molecular flexibility index (Phi) is 9.41. The van der Waals surface area contributed by atoms with Crippen LogP contribution in [0.3, 0.4) is 0 Å². The van der Waals surface area contributed by atoms with Crippen LogP contribution in [0.4, 0.5) is 13.6 Å². The van der Waals surface area contributed by atoms with E-state index in [1.54, 1.807) is 20.8 Å². The molecule has 204 valence electrons. The number of carboxylic acid groups (broad SMARTS) is 1. The summed E-state index contributed by atoms with van der Waals surface area (Å²) in [7, 11) is 0. The van der Waals surface area contributed by atoms with Crippen molar-refractivity contribution in [2.24, 2.45) is 11.3 Å². The van der Waals surface area contributed by atoms with Gasteiger partial charge < -0.3 is 26.0 Å². The van der Waals surface area contributed by atoms with Gasteiger partial charge in [-0.15, -0.1) is 0 Å². The summed E-state index contributed by atoms with van der Waals surface area (Å²) < 4.78 is 27.1. The fourth-order valence-electron chi connectivity index (χ4n) is 4.39. The topological polar surface area (TPSA) is 145 Å². The molecule has 1 saturated heterocycles. The number of nitrogens with zero attached hydrogens (tertiary/aromatic N) is 1. The summed E-state index contributed by atoms with van der Waals surface area (Å²) in [6.07, 6.45) is -0.128. The molecule has 1 heterocycles. The minimum Gasteiger partial charge on any atom is -0.465 e. The number of amides is 4. The van der Waals surface area contributed by atoms with Gasteiger partial charge in [0.2, 0.25) is 23.5 Å². The average Bonchev–Trinajstić information content (AvgIpc) is 3.46. The largest absolute Gasteiger partial charge is 0.465 e. The Balaban J connectivity index is 2.27. The molecule has 10 nitrogen and oxygen atoms in total. The summed E-state index contributed by atoms with van der Waals surface area (Å²) in [5.41, 5.74) is -0.799. The Morgan fingerprint density at radius 3 is 2.11 bits per heavy atom. The molecule has 2 fully saturated rings.